The van der Waals surface area contributed by atoms with Crippen LogP contribution in [0.2, 0.25) is 10.0 Å². The standard InChI is InChI=1S/C21H25Cl2N3O2/c1-16(21(27)24-20-15-17(22)7-8-19(20)23)26-11-9-25(10-12-26)13-14-28-18-5-3-2-4-6-18/h2-8,15-16H,9-14H2,1H3,(H,24,27)/t16-/m1/s1. The Morgan fingerprint density at radius 2 is 1.82 bits per heavy atom. The van der Waals surface area contributed by atoms with Crippen molar-refractivity contribution in [3.63, 3.8) is 0 Å². The summed E-state index contributed by atoms with van der Waals surface area (Å²) in [6.45, 7) is 6.95. The van der Waals surface area contributed by atoms with E-state index < -0.39 is 0 Å². The van der Waals surface area contributed by atoms with Crippen molar-refractivity contribution in [1.82, 2.24) is 9.80 Å². The minimum absolute atomic E-state index is 0.0787. The zero-order valence-corrected chi connectivity index (χ0v) is 17.4. The minimum atomic E-state index is -0.238. The lowest BCUT2D eigenvalue weighted by molar-refractivity contribution is -0.121. The number of nitrogens with zero attached hydrogens (tertiary/aromatic N) is 2. The maximum Gasteiger partial charge on any atom is 0.241 e. The van der Waals surface area contributed by atoms with Gasteiger partial charge in [-0.15, -0.1) is 0 Å². The van der Waals surface area contributed by atoms with Gasteiger partial charge in [-0.1, -0.05) is 41.4 Å². The van der Waals surface area contributed by atoms with Crippen molar-refractivity contribution >= 4 is 34.8 Å². The van der Waals surface area contributed by atoms with Crippen LogP contribution >= 0.6 is 23.2 Å². The molecule has 0 aliphatic carbocycles. The van der Waals surface area contributed by atoms with E-state index in [9.17, 15) is 4.79 Å². The maximum absolute atomic E-state index is 12.6. The lowest BCUT2D eigenvalue weighted by Crippen LogP contribution is -2.53. The Morgan fingerprint density at radius 1 is 1.11 bits per heavy atom. The van der Waals surface area contributed by atoms with E-state index in [1.54, 1.807) is 18.2 Å². The molecule has 0 spiro atoms. The van der Waals surface area contributed by atoms with Crippen molar-refractivity contribution in [1.29, 1.82) is 0 Å². The maximum atomic E-state index is 12.6. The van der Waals surface area contributed by atoms with Crippen LogP contribution in [-0.2, 0) is 4.79 Å². The zero-order chi connectivity index (χ0) is 19.9. The Bertz CT molecular complexity index is 780. The second kappa shape index (κ2) is 10.1. The molecule has 0 radical (unpaired) electrons. The minimum Gasteiger partial charge on any atom is -0.492 e. The molecule has 1 amide bonds. The molecule has 3 rings (SSSR count). The highest BCUT2D eigenvalue weighted by Crippen LogP contribution is 2.25. The van der Waals surface area contributed by atoms with Crippen molar-refractivity contribution in [3.05, 3.63) is 58.6 Å². The molecule has 1 saturated heterocycles. The number of carbonyl (C=O) groups excluding carboxylic acids is 1. The Hall–Kier alpha value is -1.79. The molecule has 1 aliphatic heterocycles. The second-order valence-corrected chi connectivity index (χ2v) is 7.67. The van der Waals surface area contributed by atoms with Crippen LogP contribution in [0.5, 0.6) is 5.75 Å². The monoisotopic (exact) mass is 421 g/mol. The number of hydrogen-bond donors (Lipinski definition) is 1. The van der Waals surface area contributed by atoms with Gasteiger partial charge >= 0.3 is 0 Å². The number of piperazine rings is 1. The van der Waals surface area contributed by atoms with E-state index >= 15 is 0 Å². The predicted octanol–water partition coefficient (Wildman–Crippen LogP) is 4.02. The van der Waals surface area contributed by atoms with Gasteiger partial charge in [-0.05, 0) is 37.3 Å². The highest BCUT2D eigenvalue weighted by Gasteiger charge is 2.25. The third-order valence-electron chi connectivity index (χ3n) is 4.94. The van der Waals surface area contributed by atoms with Crippen molar-refractivity contribution in [2.24, 2.45) is 0 Å². The van der Waals surface area contributed by atoms with Crippen LogP contribution in [0.15, 0.2) is 48.5 Å². The molecule has 1 heterocycles. The summed E-state index contributed by atoms with van der Waals surface area (Å²) in [6.07, 6.45) is 0. The number of nitrogens with one attached hydrogen (secondary N) is 1. The number of rotatable bonds is 7. The van der Waals surface area contributed by atoms with Gasteiger partial charge in [0.1, 0.15) is 12.4 Å². The molecule has 0 aromatic heterocycles. The zero-order valence-electron chi connectivity index (χ0n) is 15.9. The molecule has 1 fully saturated rings. The molecule has 28 heavy (non-hydrogen) atoms. The van der Waals surface area contributed by atoms with Gasteiger partial charge in [0, 0.05) is 37.7 Å². The predicted molar refractivity (Wildman–Crippen MR) is 115 cm³/mol. The Kier molecular flexibility index (Phi) is 7.57. The summed E-state index contributed by atoms with van der Waals surface area (Å²) >= 11 is 12.1. The van der Waals surface area contributed by atoms with Crippen molar-refractivity contribution in [3.8, 4) is 5.75 Å². The van der Waals surface area contributed by atoms with Crippen LogP contribution in [0, 0.1) is 0 Å². The molecular weight excluding hydrogens is 397 g/mol. The molecule has 1 aliphatic rings. The Balaban J connectivity index is 1.42. The van der Waals surface area contributed by atoms with Crippen LogP contribution in [0.4, 0.5) is 5.69 Å². The summed E-state index contributed by atoms with van der Waals surface area (Å²) < 4.78 is 5.77. The van der Waals surface area contributed by atoms with Crippen LogP contribution < -0.4 is 10.1 Å². The van der Waals surface area contributed by atoms with E-state index in [-0.39, 0.29) is 11.9 Å². The molecule has 5 nitrogen and oxygen atoms in total. The molecule has 1 N–H and O–H groups in total. The van der Waals surface area contributed by atoms with Gasteiger partial charge < -0.3 is 10.1 Å². The van der Waals surface area contributed by atoms with Gasteiger partial charge in [0.15, 0.2) is 0 Å². The summed E-state index contributed by atoms with van der Waals surface area (Å²) in [5.74, 6) is 0.816. The van der Waals surface area contributed by atoms with E-state index in [0.717, 1.165) is 38.5 Å². The average molecular weight is 422 g/mol. The number of halogens is 2. The number of amides is 1. The van der Waals surface area contributed by atoms with Crippen LogP contribution in [0.25, 0.3) is 0 Å². The normalized spacial score (nSPS) is 16.5. The fourth-order valence-electron chi connectivity index (χ4n) is 3.18. The molecule has 7 heteroatoms. The lowest BCUT2D eigenvalue weighted by Gasteiger charge is -2.37. The van der Waals surface area contributed by atoms with Crippen molar-refractivity contribution in [2.75, 3.05) is 44.6 Å². The summed E-state index contributed by atoms with van der Waals surface area (Å²) in [7, 11) is 0. The highest BCUT2D eigenvalue weighted by atomic mass is 35.5. The van der Waals surface area contributed by atoms with Crippen molar-refractivity contribution < 1.29 is 9.53 Å². The third kappa shape index (κ3) is 5.85. The molecule has 150 valence electrons. The number of ether oxygens (including phenoxy) is 1. The number of carbonyl (C=O) groups is 1. The number of hydrogen-bond acceptors (Lipinski definition) is 4. The van der Waals surface area contributed by atoms with Crippen LogP contribution in [0.1, 0.15) is 6.92 Å². The average Bonchev–Trinajstić information content (AvgIpc) is 2.71. The molecule has 0 saturated carbocycles. The van der Waals surface area contributed by atoms with E-state index in [1.807, 2.05) is 37.3 Å². The first-order chi connectivity index (χ1) is 13.5. The molecule has 2 aromatic carbocycles. The van der Waals surface area contributed by atoms with Gasteiger partial charge in [0.05, 0.1) is 16.8 Å². The van der Waals surface area contributed by atoms with Gasteiger partial charge in [-0.25, -0.2) is 0 Å². The molecular formula is C21H25Cl2N3O2. The van der Waals surface area contributed by atoms with E-state index in [1.165, 1.54) is 0 Å². The second-order valence-electron chi connectivity index (χ2n) is 6.83. The Labute approximate surface area is 176 Å². The largest absolute Gasteiger partial charge is 0.492 e. The fourth-order valence-corrected chi connectivity index (χ4v) is 3.52. The topological polar surface area (TPSA) is 44.8 Å². The summed E-state index contributed by atoms with van der Waals surface area (Å²) in [6, 6.07) is 14.6. The fraction of sp³-hybridized carbons (Fsp3) is 0.381. The van der Waals surface area contributed by atoms with Crippen LogP contribution in [0.3, 0.4) is 0 Å². The first-order valence-electron chi connectivity index (χ1n) is 9.43. The van der Waals surface area contributed by atoms with Gasteiger partial charge in [-0.3, -0.25) is 14.6 Å². The van der Waals surface area contributed by atoms with Crippen LogP contribution in [-0.4, -0.2) is 61.1 Å². The van der Waals surface area contributed by atoms with E-state index in [0.29, 0.717) is 22.3 Å². The number of benzene rings is 2. The first-order valence-corrected chi connectivity index (χ1v) is 10.2. The summed E-state index contributed by atoms with van der Waals surface area (Å²) in [5.41, 5.74) is 0.544. The number of anilines is 1. The van der Waals surface area contributed by atoms with E-state index in [4.69, 9.17) is 27.9 Å². The van der Waals surface area contributed by atoms with Gasteiger partial charge in [0.25, 0.3) is 0 Å². The molecule has 1 atom stereocenters. The molecule has 2 aromatic rings. The third-order valence-corrected chi connectivity index (χ3v) is 5.50. The summed E-state index contributed by atoms with van der Waals surface area (Å²) in [5, 5.41) is 3.90. The quantitative estimate of drug-likeness (QED) is 0.732. The van der Waals surface area contributed by atoms with Gasteiger partial charge in [-0.2, -0.15) is 0 Å². The lowest BCUT2D eigenvalue weighted by atomic mass is 10.2. The Morgan fingerprint density at radius 3 is 2.54 bits per heavy atom. The number of para-hydroxylation sites is 1. The first kappa shape index (κ1) is 20.9. The summed E-state index contributed by atoms with van der Waals surface area (Å²) in [4.78, 5) is 17.1. The highest BCUT2D eigenvalue weighted by molar-refractivity contribution is 6.35. The van der Waals surface area contributed by atoms with E-state index in [2.05, 4.69) is 15.1 Å². The van der Waals surface area contributed by atoms with Gasteiger partial charge in [0.2, 0.25) is 5.91 Å². The molecule has 0 unspecified atom stereocenters. The SMILES string of the molecule is C[C@H](C(=O)Nc1cc(Cl)ccc1Cl)N1CCN(CCOc2ccccc2)CC1. The van der Waals surface area contributed by atoms with Crippen molar-refractivity contribution in [2.45, 2.75) is 13.0 Å². The smallest absolute Gasteiger partial charge is 0.241 e. The molecule has 0 bridgehead atoms.